The zero-order valence-electron chi connectivity index (χ0n) is 12.8. The molecular formula is C15H21N5O. The largest absolute Gasteiger partial charge is 0.378 e. The molecular weight excluding hydrogens is 266 g/mol. The van der Waals surface area contributed by atoms with E-state index < -0.39 is 0 Å². The van der Waals surface area contributed by atoms with Crippen molar-refractivity contribution < 1.29 is 4.74 Å². The van der Waals surface area contributed by atoms with E-state index in [-0.39, 0.29) is 0 Å². The summed E-state index contributed by atoms with van der Waals surface area (Å²) in [7, 11) is 0. The Labute approximate surface area is 124 Å². The van der Waals surface area contributed by atoms with Gasteiger partial charge in [-0.1, -0.05) is 0 Å². The number of hydrogen-bond donors (Lipinski definition) is 0. The van der Waals surface area contributed by atoms with Crippen molar-refractivity contribution in [2.45, 2.75) is 26.8 Å². The number of morpholine rings is 1. The van der Waals surface area contributed by atoms with Crippen LogP contribution in [0.2, 0.25) is 0 Å². The molecule has 2 aromatic heterocycles. The summed E-state index contributed by atoms with van der Waals surface area (Å²) in [6.45, 7) is 9.60. The summed E-state index contributed by atoms with van der Waals surface area (Å²) in [5.41, 5.74) is 2.63. The van der Waals surface area contributed by atoms with Crippen molar-refractivity contribution in [1.29, 1.82) is 0 Å². The molecule has 0 saturated carbocycles. The summed E-state index contributed by atoms with van der Waals surface area (Å²) in [5, 5.41) is 0. The third kappa shape index (κ3) is 2.76. The minimum absolute atomic E-state index is 0.335. The maximum atomic E-state index is 5.38. The van der Waals surface area contributed by atoms with Crippen molar-refractivity contribution in [3.63, 3.8) is 0 Å². The summed E-state index contributed by atoms with van der Waals surface area (Å²) < 4.78 is 7.45. The van der Waals surface area contributed by atoms with Crippen LogP contribution in [0.15, 0.2) is 23.6 Å². The molecule has 1 aliphatic rings. The first-order chi connectivity index (χ1) is 10.2. The molecule has 0 amide bonds. The number of hydrogen-bond acceptors (Lipinski definition) is 4. The van der Waals surface area contributed by atoms with E-state index in [9.17, 15) is 0 Å². The molecule has 112 valence electrons. The van der Waals surface area contributed by atoms with Gasteiger partial charge >= 0.3 is 0 Å². The Morgan fingerprint density at radius 1 is 1.29 bits per heavy atom. The smallest absolute Gasteiger partial charge is 0.162 e. The third-order valence-electron chi connectivity index (χ3n) is 3.75. The number of aliphatic imine (C=N–C) groups is 1. The van der Waals surface area contributed by atoms with E-state index >= 15 is 0 Å². The maximum absolute atomic E-state index is 5.38. The molecule has 0 bridgehead atoms. The van der Waals surface area contributed by atoms with Gasteiger partial charge in [0.05, 0.1) is 25.2 Å². The predicted molar refractivity (Wildman–Crippen MR) is 83.1 cm³/mol. The summed E-state index contributed by atoms with van der Waals surface area (Å²) >= 11 is 0. The van der Waals surface area contributed by atoms with Crippen LogP contribution in [-0.4, -0.2) is 51.6 Å². The van der Waals surface area contributed by atoms with Gasteiger partial charge in [0.15, 0.2) is 5.65 Å². The first kappa shape index (κ1) is 14.0. The zero-order valence-corrected chi connectivity index (χ0v) is 12.8. The Balaban J connectivity index is 1.96. The van der Waals surface area contributed by atoms with Crippen LogP contribution in [0.4, 0.5) is 5.69 Å². The number of amidine groups is 1. The highest BCUT2D eigenvalue weighted by Gasteiger charge is 2.14. The van der Waals surface area contributed by atoms with Crippen molar-refractivity contribution in [3.05, 3.63) is 18.6 Å². The Kier molecular flexibility index (Phi) is 3.88. The molecule has 6 heteroatoms. The normalized spacial score (nSPS) is 17.0. The van der Waals surface area contributed by atoms with Crippen LogP contribution < -0.4 is 0 Å². The molecule has 6 nitrogen and oxygen atoms in total. The van der Waals surface area contributed by atoms with Crippen LogP contribution in [-0.2, 0) is 4.74 Å². The first-order valence-corrected chi connectivity index (χ1v) is 7.36. The summed E-state index contributed by atoms with van der Waals surface area (Å²) in [5.74, 6) is 1.00. The Morgan fingerprint density at radius 2 is 2.05 bits per heavy atom. The molecule has 21 heavy (non-hydrogen) atoms. The molecule has 1 aliphatic heterocycles. The standard InChI is InChI=1S/C15H21N5O/c1-11(2)20-10-17-14-13(4-5-16-15(14)20)18-12(3)19-6-8-21-9-7-19/h4-5,10-11H,6-9H2,1-3H3. The van der Waals surface area contributed by atoms with Crippen LogP contribution >= 0.6 is 0 Å². The monoisotopic (exact) mass is 287 g/mol. The van der Waals surface area contributed by atoms with Crippen LogP contribution in [0.25, 0.3) is 11.2 Å². The van der Waals surface area contributed by atoms with Gasteiger partial charge in [0.25, 0.3) is 0 Å². The average molecular weight is 287 g/mol. The molecule has 0 N–H and O–H groups in total. The van der Waals surface area contributed by atoms with Crippen molar-refractivity contribution in [1.82, 2.24) is 19.4 Å². The topological polar surface area (TPSA) is 55.5 Å². The SMILES string of the molecule is CC(=Nc1ccnc2c1ncn2C(C)C)N1CCOCC1. The number of nitrogens with zero attached hydrogens (tertiary/aromatic N) is 5. The number of pyridine rings is 1. The van der Waals surface area contributed by atoms with Gasteiger partial charge in [-0.25, -0.2) is 15.0 Å². The molecule has 0 atom stereocenters. The van der Waals surface area contributed by atoms with Gasteiger partial charge in [0.2, 0.25) is 0 Å². The molecule has 3 rings (SSSR count). The molecule has 0 aromatic carbocycles. The maximum Gasteiger partial charge on any atom is 0.162 e. The predicted octanol–water partition coefficient (Wildman–Crippen LogP) is 2.39. The highest BCUT2D eigenvalue weighted by atomic mass is 16.5. The summed E-state index contributed by atoms with van der Waals surface area (Å²) in [6.07, 6.45) is 3.64. The second-order valence-electron chi connectivity index (χ2n) is 5.51. The van der Waals surface area contributed by atoms with E-state index in [0.717, 1.165) is 49.0 Å². The van der Waals surface area contributed by atoms with Crippen molar-refractivity contribution in [2.24, 2.45) is 4.99 Å². The number of fused-ring (bicyclic) bond motifs is 1. The van der Waals surface area contributed by atoms with Gasteiger partial charge in [-0.15, -0.1) is 0 Å². The lowest BCUT2D eigenvalue weighted by molar-refractivity contribution is 0.0678. The highest BCUT2D eigenvalue weighted by molar-refractivity contribution is 5.90. The Hall–Kier alpha value is -1.95. The summed E-state index contributed by atoms with van der Waals surface area (Å²) in [4.78, 5) is 15.9. The first-order valence-electron chi connectivity index (χ1n) is 7.36. The lowest BCUT2D eigenvalue weighted by Gasteiger charge is -2.28. The van der Waals surface area contributed by atoms with Crippen LogP contribution in [0.1, 0.15) is 26.8 Å². The number of rotatable bonds is 2. The molecule has 3 heterocycles. The van der Waals surface area contributed by atoms with E-state index in [2.05, 4.69) is 33.3 Å². The van der Waals surface area contributed by atoms with Crippen LogP contribution in [0, 0.1) is 0 Å². The van der Waals surface area contributed by atoms with Crippen LogP contribution in [0.5, 0.6) is 0 Å². The van der Waals surface area contributed by atoms with Gasteiger partial charge in [0, 0.05) is 25.3 Å². The van der Waals surface area contributed by atoms with Crippen LogP contribution in [0.3, 0.4) is 0 Å². The molecule has 2 aromatic rings. The Morgan fingerprint density at radius 3 is 2.76 bits per heavy atom. The number of imidazole rings is 1. The molecule has 1 fully saturated rings. The van der Waals surface area contributed by atoms with Gasteiger partial charge in [-0.05, 0) is 26.8 Å². The van der Waals surface area contributed by atoms with E-state index in [1.54, 1.807) is 6.20 Å². The fourth-order valence-corrected chi connectivity index (χ4v) is 2.52. The molecule has 0 radical (unpaired) electrons. The second-order valence-corrected chi connectivity index (χ2v) is 5.51. The lowest BCUT2D eigenvalue weighted by Crippen LogP contribution is -2.39. The van der Waals surface area contributed by atoms with Crippen molar-refractivity contribution in [3.8, 4) is 0 Å². The van der Waals surface area contributed by atoms with E-state index in [0.29, 0.717) is 6.04 Å². The van der Waals surface area contributed by atoms with Crippen molar-refractivity contribution >= 4 is 22.7 Å². The minimum atomic E-state index is 0.335. The highest BCUT2D eigenvalue weighted by Crippen LogP contribution is 2.25. The molecule has 0 aliphatic carbocycles. The van der Waals surface area contributed by atoms with E-state index in [4.69, 9.17) is 9.73 Å². The third-order valence-corrected chi connectivity index (χ3v) is 3.75. The second kappa shape index (κ2) is 5.81. The molecule has 0 unspecified atom stereocenters. The number of aromatic nitrogens is 3. The minimum Gasteiger partial charge on any atom is -0.378 e. The fraction of sp³-hybridized carbons (Fsp3) is 0.533. The van der Waals surface area contributed by atoms with Crippen molar-refractivity contribution in [2.75, 3.05) is 26.3 Å². The quantitative estimate of drug-likeness (QED) is 0.628. The van der Waals surface area contributed by atoms with Gasteiger partial charge in [-0.2, -0.15) is 0 Å². The van der Waals surface area contributed by atoms with Gasteiger partial charge in [0.1, 0.15) is 11.4 Å². The summed E-state index contributed by atoms with van der Waals surface area (Å²) in [6, 6.07) is 2.26. The zero-order chi connectivity index (χ0) is 14.8. The number of ether oxygens (including phenoxy) is 1. The molecule has 0 spiro atoms. The fourth-order valence-electron chi connectivity index (χ4n) is 2.52. The average Bonchev–Trinajstić information content (AvgIpc) is 2.93. The lowest BCUT2D eigenvalue weighted by atomic mass is 10.3. The van der Waals surface area contributed by atoms with Gasteiger partial charge < -0.3 is 14.2 Å². The molecule has 1 saturated heterocycles. The van der Waals surface area contributed by atoms with E-state index in [1.165, 1.54) is 0 Å². The van der Waals surface area contributed by atoms with Gasteiger partial charge in [-0.3, -0.25) is 0 Å². The Bertz CT molecular complexity index is 655. The van der Waals surface area contributed by atoms with E-state index in [1.807, 2.05) is 19.3 Å².